The molecule has 4 fully saturated rings. The minimum absolute atomic E-state index is 0.0473. The van der Waals surface area contributed by atoms with Crippen LogP contribution < -0.4 is 14.8 Å². The molecule has 4 aliphatic rings. The minimum atomic E-state index is -2.30. The Morgan fingerprint density at radius 1 is 0.846 bits per heavy atom. The molecule has 0 radical (unpaired) electrons. The first-order chi connectivity index (χ1) is 29.0. The van der Waals surface area contributed by atoms with E-state index in [1.54, 1.807) is 41.5 Å². The van der Waals surface area contributed by atoms with Gasteiger partial charge in [-0.25, -0.2) is 19.6 Å². The minimum Gasteiger partial charge on any atom is -0.474 e. The van der Waals surface area contributed by atoms with Gasteiger partial charge in [0, 0.05) is 68.4 Å². The molecule has 0 unspecified atom stereocenters. The molecule has 17 heteroatoms. The van der Waals surface area contributed by atoms with E-state index in [0.717, 1.165) is 25.9 Å². The number of nitrogens with zero attached hydrogens (tertiary/aromatic N) is 5. The summed E-state index contributed by atoms with van der Waals surface area (Å²) in [6.45, 7) is -0.963. The van der Waals surface area contributed by atoms with Crippen LogP contribution in [0.3, 0.4) is 0 Å². The van der Waals surface area contributed by atoms with Crippen molar-refractivity contribution in [1.82, 2.24) is 30.0 Å². The van der Waals surface area contributed by atoms with Crippen LogP contribution >= 0.6 is 0 Å². The van der Waals surface area contributed by atoms with E-state index in [2.05, 4.69) is 27.2 Å². The van der Waals surface area contributed by atoms with Gasteiger partial charge in [-0.05, 0) is 100 Å². The van der Waals surface area contributed by atoms with E-state index in [4.69, 9.17) is 48.9 Å². The van der Waals surface area contributed by atoms with Crippen molar-refractivity contribution < 1.29 is 63.6 Å². The lowest BCUT2D eigenvalue weighted by Gasteiger charge is -2.32. The van der Waals surface area contributed by atoms with Gasteiger partial charge in [0.25, 0.3) is 0 Å². The number of hydrogen-bond acceptors (Lipinski definition) is 14. The number of aromatic nitrogens is 2. The molecule has 4 saturated heterocycles. The predicted molar refractivity (Wildman–Crippen MR) is 195 cm³/mol. The number of nitrogens with one attached hydrogen (secondary N) is 1. The molecule has 0 aromatic carbocycles. The molecule has 5 rings (SSSR count). The molecule has 52 heavy (non-hydrogen) atoms. The number of likely N-dealkylation sites (tertiary alicyclic amines) is 3. The largest absolute Gasteiger partial charge is 0.474 e. The number of carbonyl (C=O) groups is 2. The summed E-state index contributed by atoms with van der Waals surface area (Å²) in [4.78, 5) is 35.8. The van der Waals surface area contributed by atoms with Gasteiger partial charge in [0.2, 0.25) is 11.8 Å². The highest BCUT2D eigenvalue weighted by Gasteiger charge is 2.28. The summed E-state index contributed by atoms with van der Waals surface area (Å²) in [5, 5.41) is 20.7. The van der Waals surface area contributed by atoms with E-state index >= 15 is 0 Å². The molecule has 0 atom stereocenters. The van der Waals surface area contributed by atoms with Crippen molar-refractivity contribution in [2.45, 2.75) is 129 Å². The SMILES string of the molecule is O=S=O.[2H]C1([2H])CC(O)CC([2H])([2H])N1.[2H]C1([2H])CC(O)CC([2H])([2H])N1C(=O)OC(C)(C)C.[2H]C1([2H])CC(Oc2ncnc(OC3CCN(C)CC3)c2C)CC([2H])([2H])N1C(=O)OC(C)C. The van der Waals surface area contributed by atoms with Gasteiger partial charge in [0.05, 0.1) is 23.9 Å². The molecule has 2 amide bonds. The lowest BCUT2D eigenvalue weighted by atomic mass is 10.1. The average Bonchev–Trinajstić information content (AvgIpc) is 3.03. The zero-order valence-corrected chi connectivity index (χ0v) is 31.7. The summed E-state index contributed by atoms with van der Waals surface area (Å²) < 4.78 is 131. The van der Waals surface area contributed by atoms with Gasteiger partial charge >= 0.3 is 23.8 Å². The predicted octanol–water partition coefficient (Wildman–Crippen LogP) is 3.08. The van der Waals surface area contributed by atoms with Crippen molar-refractivity contribution in [2.24, 2.45) is 0 Å². The normalized spacial score (nSPS) is 28.7. The number of ether oxygens (including phenoxy) is 4. The van der Waals surface area contributed by atoms with E-state index in [1.807, 2.05) is 0 Å². The van der Waals surface area contributed by atoms with Crippen LogP contribution in [-0.4, -0.2) is 151 Å². The first-order valence-corrected chi connectivity index (χ1v) is 17.6. The first-order valence-electron chi connectivity index (χ1n) is 22.9. The van der Waals surface area contributed by atoms with Crippen LogP contribution in [-0.2, 0) is 21.0 Å². The number of hydrogen-bond donors (Lipinski definition) is 3. The van der Waals surface area contributed by atoms with Gasteiger partial charge < -0.3 is 49.2 Å². The molecular weight excluding hydrogens is 696 g/mol. The molecule has 1 aromatic heterocycles. The lowest BCUT2D eigenvalue weighted by Crippen LogP contribution is -2.42. The van der Waals surface area contributed by atoms with E-state index in [1.165, 1.54) is 6.33 Å². The Labute approximate surface area is 329 Å². The monoisotopic (exact) mass is 771 g/mol. The van der Waals surface area contributed by atoms with Gasteiger partial charge in [0.15, 0.2) is 0 Å². The fraction of sp³-hybridized carbons (Fsp3) is 0.829. The Bertz CT molecular complexity index is 1700. The van der Waals surface area contributed by atoms with Gasteiger partial charge in [0.1, 0.15) is 24.1 Å². The number of piperidine rings is 4. The Morgan fingerprint density at radius 3 is 1.75 bits per heavy atom. The van der Waals surface area contributed by atoms with E-state index in [-0.39, 0.29) is 50.5 Å². The molecule has 1 aromatic rings. The highest BCUT2D eigenvalue weighted by molar-refractivity contribution is 7.51. The van der Waals surface area contributed by atoms with Crippen molar-refractivity contribution >= 4 is 23.8 Å². The molecule has 5 heterocycles. The number of amides is 2. The van der Waals surface area contributed by atoms with Crippen LogP contribution in [0, 0.1) is 6.92 Å². The van der Waals surface area contributed by atoms with E-state index in [0.29, 0.717) is 21.2 Å². The van der Waals surface area contributed by atoms with Crippen molar-refractivity contribution in [3.63, 3.8) is 0 Å². The summed E-state index contributed by atoms with van der Waals surface area (Å²) in [7, 11) is 2.07. The molecule has 298 valence electrons. The van der Waals surface area contributed by atoms with Crippen LogP contribution in [0.15, 0.2) is 6.33 Å². The first kappa shape index (κ1) is 29.3. The summed E-state index contributed by atoms with van der Waals surface area (Å²) in [5.74, 6) is 0.631. The summed E-state index contributed by atoms with van der Waals surface area (Å²) in [6, 6.07) is 0. The molecule has 0 bridgehead atoms. The molecule has 0 aliphatic carbocycles. The van der Waals surface area contributed by atoms with Crippen LogP contribution in [0.2, 0.25) is 0 Å². The van der Waals surface area contributed by atoms with Crippen LogP contribution in [0.4, 0.5) is 9.59 Å². The highest BCUT2D eigenvalue weighted by Crippen LogP contribution is 2.28. The third kappa shape index (κ3) is 18.1. The van der Waals surface area contributed by atoms with Crippen LogP contribution in [0.1, 0.15) is 108 Å². The molecular formula is C35H62N6O10S. The zero-order valence-electron chi connectivity index (χ0n) is 42.8. The maximum atomic E-state index is 12.4. The van der Waals surface area contributed by atoms with Crippen molar-refractivity contribution in [2.75, 3.05) is 59.1 Å². The number of rotatable bonds is 5. The quantitative estimate of drug-likeness (QED) is 0.396. The maximum absolute atomic E-state index is 12.4. The second kappa shape index (κ2) is 23.5. The third-order valence-corrected chi connectivity index (χ3v) is 7.09. The number of aliphatic hydroxyl groups is 2. The molecule has 16 nitrogen and oxygen atoms in total. The Hall–Kier alpha value is -3.12. The molecule has 0 spiro atoms. The van der Waals surface area contributed by atoms with Gasteiger partial charge in [-0.3, -0.25) is 0 Å². The summed E-state index contributed by atoms with van der Waals surface area (Å²) in [5.41, 5.74) is -0.256. The molecule has 4 aliphatic heterocycles. The van der Waals surface area contributed by atoms with Gasteiger partial charge in [-0.15, -0.1) is 0 Å². The fourth-order valence-electron chi connectivity index (χ4n) is 4.49. The smallest absolute Gasteiger partial charge is 0.410 e. The van der Waals surface area contributed by atoms with Gasteiger partial charge in [-0.2, -0.15) is 8.42 Å². The second-order valence-electron chi connectivity index (χ2n) is 13.3. The van der Waals surface area contributed by atoms with E-state index in [9.17, 15) is 14.7 Å². The van der Waals surface area contributed by atoms with Crippen LogP contribution in [0.5, 0.6) is 11.8 Å². The topological polar surface area (TPSA) is 193 Å². The van der Waals surface area contributed by atoms with Crippen LogP contribution in [0.25, 0.3) is 0 Å². The average molecular weight is 771 g/mol. The summed E-state index contributed by atoms with van der Waals surface area (Å²) in [6.07, 6.45) is -3.47. The van der Waals surface area contributed by atoms with Crippen molar-refractivity contribution in [1.29, 1.82) is 0 Å². The standard InChI is InChI=1S/C20H32N4O4.C10H19NO3.C5H11NO.O2S/c1-14(2)26-20(25)24-11-7-17(8-12-24)28-19-15(3)18(21-13-22-19)27-16-5-9-23(4)10-6-16;1-10(2,3)14-9(13)11-6-4-8(12)5-7-11;7-5-1-3-6-4-2-5;1-3-2/h13-14,16-17H,5-12H2,1-4H3;8,12H,4-7H2,1-3H3;5-7H,1-4H2;/i11D2,12D2;6D2,7D2;3D2,4D2;. The second-order valence-corrected chi connectivity index (χ2v) is 13.4. The van der Waals surface area contributed by atoms with E-state index < -0.39 is 92.8 Å². The Morgan fingerprint density at radius 2 is 1.29 bits per heavy atom. The zero-order chi connectivity index (χ0) is 49.4. The summed E-state index contributed by atoms with van der Waals surface area (Å²) >= 11 is -0.750. The highest BCUT2D eigenvalue weighted by atomic mass is 32.1. The Kier molecular flexibility index (Phi) is 13.2. The maximum Gasteiger partial charge on any atom is 0.410 e. The third-order valence-electron chi connectivity index (χ3n) is 7.09. The Balaban J connectivity index is 0.000000367. The number of aliphatic hydroxyl groups excluding tert-OH is 2. The molecule has 0 saturated carbocycles. The van der Waals surface area contributed by atoms with Crippen molar-refractivity contribution in [3.05, 3.63) is 11.9 Å². The lowest BCUT2D eigenvalue weighted by molar-refractivity contribution is 0.0100. The van der Waals surface area contributed by atoms with Gasteiger partial charge in [-0.1, -0.05) is 0 Å². The number of carbonyl (C=O) groups excluding carboxylic acids is 2. The fourth-order valence-corrected chi connectivity index (χ4v) is 4.49. The van der Waals surface area contributed by atoms with Crippen molar-refractivity contribution in [3.8, 4) is 11.8 Å². The molecule has 3 N–H and O–H groups in total.